The summed E-state index contributed by atoms with van der Waals surface area (Å²) in [6.07, 6.45) is 5.19. The van der Waals surface area contributed by atoms with Gasteiger partial charge in [-0.05, 0) is 35.4 Å². The summed E-state index contributed by atoms with van der Waals surface area (Å²) in [7, 11) is 0. The van der Waals surface area contributed by atoms with E-state index in [-0.39, 0.29) is 12.7 Å². The van der Waals surface area contributed by atoms with Crippen molar-refractivity contribution in [1.29, 1.82) is 0 Å². The Morgan fingerprint density at radius 2 is 1.87 bits per heavy atom. The minimum absolute atomic E-state index is 0.198. The summed E-state index contributed by atoms with van der Waals surface area (Å²) in [4.78, 5) is 17.2. The van der Waals surface area contributed by atoms with Gasteiger partial charge >= 0.3 is 0 Å². The molecule has 5 rings (SSSR count). The van der Waals surface area contributed by atoms with Gasteiger partial charge in [-0.2, -0.15) is 5.10 Å². The number of fused-ring (bicyclic) bond motifs is 1. The normalized spacial score (nSPS) is 12.0. The van der Waals surface area contributed by atoms with Gasteiger partial charge in [0, 0.05) is 30.7 Å². The lowest BCUT2D eigenvalue weighted by Gasteiger charge is -2.06. The number of hydrogen-bond donors (Lipinski definition) is 1. The number of pyridine rings is 1. The first kappa shape index (κ1) is 18.9. The van der Waals surface area contributed by atoms with Gasteiger partial charge in [0.25, 0.3) is 5.91 Å². The predicted octanol–water partition coefficient (Wildman–Crippen LogP) is 3.65. The molecule has 1 amide bonds. The highest BCUT2D eigenvalue weighted by molar-refractivity contribution is 5.99. The molecular weight excluding hydrogens is 392 g/mol. The van der Waals surface area contributed by atoms with E-state index in [1.165, 1.54) is 0 Å². The minimum atomic E-state index is -0.198. The van der Waals surface area contributed by atoms with Crippen LogP contribution in [0.3, 0.4) is 0 Å². The summed E-state index contributed by atoms with van der Waals surface area (Å²) in [5.41, 5.74) is 3.94. The highest BCUT2D eigenvalue weighted by Gasteiger charge is 2.19. The van der Waals surface area contributed by atoms with Crippen molar-refractivity contribution in [2.24, 2.45) is 0 Å². The third-order valence-corrected chi connectivity index (χ3v) is 5.02. The second kappa shape index (κ2) is 8.31. The molecule has 3 heterocycles. The van der Waals surface area contributed by atoms with Crippen molar-refractivity contribution in [3.63, 3.8) is 0 Å². The molecule has 0 fully saturated rings. The van der Waals surface area contributed by atoms with Crippen LogP contribution in [0, 0.1) is 0 Å². The second-order valence-electron chi connectivity index (χ2n) is 7.19. The predicted molar refractivity (Wildman–Crippen MR) is 115 cm³/mol. The van der Waals surface area contributed by atoms with Crippen LogP contribution in [0.25, 0.3) is 11.3 Å². The van der Waals surface area contributed by atoms with Gasteiger partial charge in [-0.15, -0.1) is 0 Å². The molecule has 31 heavy (non-hydrogen) atoms. The molecule has 0 aliphatic carbocycles. The fraction of sp³-hybridized carbons (Fsp3) is 0.125. The van der Waals surface area contributed by atoms with Gasteiger partial charge in [0.05, 0.1) is 12.1 Å². The SMILES string of the molecule is O=C(NCc1ccc2c(c1)OCO2)c1cn(Cc2ccccc2)nc1-c1cccnc1. The van der Waals surface area contributed by atoms with E-state index in [0.29, 0.717) is 30.1 Å². The minimum Gasteiger partial charge on any atom is -0.454 e. The zero-order valence-corrected chi connectivity index (χ0v) is 16.7. The number of nitrogens with one attached hydrogen (secondary N) is 1. The van der Waals surface area contributed by atoms with Crippen LogP contribution in [0.15, 0.2) is 79.3 Å². The van der Waals surface area contributed by atoms with Gasteiger partial charge in [0.2, 0.25) is 6.79 Å². The number of benzene rings is 2. The largest absolute Gasteiger partial charge is 0.454 e. The number of aromatic nitrogens is 3. The number of ether oxygens (including phenoxy) is 2. The van der Waals surface area contributed by atoms with Crippen LogP contribution >= 0.6 is 0 Å². The van der Waals surface area contributed by atoms with E-state index in [1.54, 1.807) is 23.3 Å². The van der Waals surface area contributed by atoms with Crippen LogP contribution in [0.1, 0.15) is 21.5 Å². The molecule has 0 saturated carbocycles. The van der Waals surface area contributed by atoms with E-state index < -0.39 is 0 Å². The molecule has 4 aromatic rings. The molecular formula is C24H20N4O3. The average Bonchev–Trinajstić information content (AvgIpc) is 3.45. The van der Waals surface area contributed by atoms with Gasteiger partial charge in [-0.1, -0.05) is 36.4 Å². The van der Waals surface area contributed by atoms with Crippen LogP contribution in [-0.2, 0) is 13.1 Å². The highest BCUT2D eigenvalue weighted by atomic mass is 16.7. The zero-order chi connectivity index (χ0) is 21.0. The molecule has 1 aliphatic rings. The van der Waals surface area contributed by atoms with Gasteiger partial charge in [0.1, 0.15) is 5.69 Å². The maximum Gasteiger partial charge on any atom is 0.255 e. The topological polar surface area (TPSA) is 78.3 Å². The summed E-state index contributed by atoms with van der Waals surface area (Å²) in [5.74, 6) is 1.21. The third-order valence-electron chi connectivity index (χ3n) is 5.02. The van der Waals surface area contributed by atoms with E-state index in [4.69, 9.17) is 9.47 Å². The Kier molecular flexibility index (Phi) is 5.06. The molecule has 154 valence electrons. The Bertz CT molecular complexity index is 1210. The summed E-state index contributed by atoms with van der Waals surface area (Å²) in [6.45, 7) is 1.16. The van der Waals surface area contributed by atoms with Crippen molar-refractivity contribution in [2.45, 2.75) is 13.1 Å². The Balaban J connectivity index is 1.39. The maximum absolute atomic E-state index is 13.1. The molecule has 0 saturated heterocycles. The van der Waals surface area contributed by atoms with E-state index in [0.717, 1.165) is 22.4 Å². The van der Waals surface area contributed by atoms with Crippen LogP contribution in [0.5, 0.6) is 11.5 Å². The lowest BCUT2D eigenvalue weighted by molar-refractivity contribution is 0.0951. The molecule has 2 aromatic carbocycles. The van der Waals surface area contributed by atoms with Gasteiger partial charge in [-0.25, -0.2) is 0 Å². The molecule has 0 radical (unpaired) electrons. The third kappa shape index (κ3) is 4.11. The smallest absolute Gasteiger partial charge is 0.255 e. The monoisotopic (exact) mass is 412 g/mol. The molecule has 0 unspecified atom stereocenters. The van der Waals surface area contributed by atoms with Crippen molar-refractivity contribution in [2.75, 3.05) is 6.79 Å². The first-order valence-corrected chi connectivity index (χ1v) is 9.95. The molecule has 0 spiro atoms. The van der Waals surface area contributed by atoms with Crippen molar-refractivity contribution >= 4 is 5.91 Å². The van der Waals surface area contributed by atoms with E-state index >= 15 is 0 Å². The molecule has 2 aromatic heterocycles. The van der Waals surface area contributed by atoms with Crippen molar-refractivity contribution < 1.29 is 14.3 Å². The van der Waals surface area contributed by atoms with Gasteiger partial charge < -0.3 is 14.8 Å². The number of carbonyl (C=O) groups is 1. The summed E-state index contributed by atoms with van der Waals surface area (Å²) in [5, 5.41) is 7.66. The average molecular weight is 412 g/mol. The summed E-state index contributed by atoms with van der Waals surface area (Å²) >= 11 is 0. The molecule has 0 bridgehead atoms. The summed E-state index contributed by atoms with van der Waals surface area (Å²) < 4.78 is 12.5. The molecule has 7 nitrogen and oxygen atoms in total. The Labute approximate surface area is 179 Å². The number of nitrogens with zero attached hydrogens (tertiary/aromatic N) is 3. The second-order valence-corrected chi connectivity index (χ2v) is 7.19. The summed E-state index contributed by atoms with van der Waals surface area (Å²) in [6, 6.07) is 19.4. The Morgan fingerprint density at radius 1 is 1.00 bits per heavy atom. The van der Waals surface area contributed by atoms with Crippen molar-refractivity contribution in [3.8, 4) is 22.8 Å². The maximum atomic E-state index is 13.1. The van der Waals surface area contributed by atoms with Crippen molar-refractivity contribution in [1.82, 2.24) is 20.1 Å². The first-order valence-electron chi connectivity index (χ1n) is 9.95. The fourth-order valence-corrected chi connectivity index (χ4v) is 3.48. The van der Waals surface area contributed by atoms with Crippen LogP contribution in [0.4, 0.5) is 0 Å². The lowest BCUT2D eigenvalue weighted by atomic mass is 10.1. The van der Waals surface area contributed by atoms with Crippen LogP contribution in [-0.4, -0.2) is 27.5 Å². The number of amides is 1. The van der Waals surface area contributed by atoms with E-state index in [2.05, 4.69) is 15.4 Å². The Morgan fingerprint density at radius 3 is 2.71 bits per heavy atom. The molecule has 0 atom stereocenters. The highest BCUT2D eigenvalue weighted by Crippen LogP contribution is 2.32. The van der Waals surface area contributed by atoms with Crippen LogP contribution in [0.2, 0.25) is 0 Å². The number of rotatable bonds is 6. The van der Waals surface area contributed by atoms with Crippen LogP contribution < -0.4 is 14.8 Å². The molecule has 1 N–H and O–H groups in total. The molecule has 1 aliphatic heterocycles. The molecule has 7 heteroatoms. The van der Waals surface area contributed by atoms with Gasteiger partial charge in [-0.3, -0.25) is 14.5 Å². The first-order chi connectivity index (χ1) is 15.3. The van der Waals surface area contributed by atoms with Crippen molar-refractivity contribution in [3.05, 3.63) is 95.9 Å². The number of carbonyl (C=O) groups excluding carboxylic acids is 1. The standard InChI is InChI=1S/C24H20N4O3/c29-24(26-12-18-8-9-21-22(11-18)31-16-30-21)20-15-28(14-17-5-2-1-3-6-17)27-23(20)19-7-4-10-25-13-19/h1-11,13,15H,12,14,16H2,(H,26,29). The fourth-order valence-electron chi connectivity index (χ4n) is 3.48. The zero-order valence-electron chi connectivity index (χ0n) is 16.7. The quantitative estimate of drug-likeness (QED) is 0.523. The number of hydrogen-bond acceptors (Lipinski definition) is 5. The van der Waals surface area contributed by atoms with E-state index in [9.17, 15) is 4.79 Å². The Hall–Kier alpha value is -4.13. The van der Waals surface area contributed by atoms with Gasteiger partial charge in [0.15, 0.2) is 11.5 Å². The van der Waals surface area contributed by atoms with E-state index in [1.807, 2.05) is 60.7 Å². The lowest BCUT2D eigenvalue weighted by Crippen LogP contribution is -2.23.